The number of pyridine rings is 1. The van der Waals surface area contributed by atoms with Crippen LogP contribution in [0.5, 0.6) is 0 Å². The molecule has 0 aliphatic rings. The van der Waals surface area contributed by atoms with E-state index in [0.717, 1.165) is 24.4 Å². The number of likely N-dealkylation sites (N-methyl/N-ethyl adjacent to an activating group) is 1. The molecule has 1 heterocycles. The number of Topliss-reactive ketones (excluding diaryl/α,β-unsaturated/α-hetero) is 1. The van der Waals surface area contributed by atoms with Crippen molar-refractivity contribution < 1.29 is 4.79 Å². The van der Waals surface area contributed by atoms with Crippen molar-refractivity contribution in [3.63, 3.8) is 0 Å². The number of carbonyl (C=O) groups is 1. The third-order valence-corrected chi connectivity index (χ3v) is 2.35. The molecule has 0 aliphatic carbocycles. The van der Waals surface area contributed by atoms with Crippen LogP contribution in [0.25, 0.3) is 0 Å². The summed E-state index contributed by atoms with van der Waals surface area (Å²) >= 11 is 0. The summed E-state index contributed by atoms with van der Waals surface area (Å²) in [5.41, 5.74) is 2.04. The van der Waals surface area contributed by atoms with Gasteiger partial charge >= 0.3 is 0 Å². The number of carbonyl (C=O) groups excluding carboxylic acids is 1. The van der Waals surface area contributed by atoms with Gasteiger partial charge in [-0.1, -0.05) is 13.0 Å². The average molecular weight is 220 g/mol. The third kappa shape index (κ3) is 4.53. The Labute approximate surface area is 97.5 Å². The highest BCUT2D eigenvalue weighted by Gasteiger charge is 2.06. The van der Waals surface area contributed by atoms with Crippen molar-refractivity contribution >= 4 is 5.78 Å². The molecule has 0 saturated heterocycles. The Kier molecular flexibility index (Phi) is 5.12. The summed E-state index contributed by atoms with van der Waals surface area (Å²) in [5, 5.41) is 0. The molecule has 0 radical (unpaired) electrons. The second kappa shape index (κ2) is 6.38. The first-order valence-corrected chi connectivity index (χ1v) is 5.74. The van der Waals surface area contributed by atoms with Gasteiger partial charge in [-0.15, -0.1) is 0 Å². The molecule has 1 aromatic rings. The van der Waals surface area contributed by atoms with Crippen molar-refractivity contribution in [1.82, 2.24) is 9.88 Å². The summed E-state index contributed by atoms with van der Waals surface area (Å²) in [7, 11) is 1.96. The molecular weight excluding hydrogens is 200 g/mol. The van der Waals surface area contributed by atoms with E-state index in [9.17, 15) is 4.79 Å². The van der Waals surface area contributed by atoms with Crippen molar-refractivity contribution in [2.24, 2.45) is 0 Å². The summed E-state index contributed by atoms with van der Waals surface area (Å²) in [4.78, 5) is 17.9. The summed E-state index contributed by atoms with van der Waals surface area (Å²) in [6, 6.07) is 5.97. The van der Waals surface area contributed by atoms with Crippen LogP contribution in [0.1, 0.15) is 31.2 Å². The van der Waals surface area contributed by atoms with Gasteiger partial charge in [0.1, 0.15) is 5.78 Å². The second-order valence-corrected chi connectivity index (χ2v) is 4.23. The van der Waals surface area contributed by atoms with Gasteiger partial charge in [0.15, 0.2) is 0 Å². The van der Waals surface area contributed by atoms with Crippen molar-refractivity contribution in [3.8, 4) is 0 Å². The van der Waals surface area contributed by atoms with Crippen LogP contribution in [0.3, 0.4) is 0 Å². The predicted octanol–water partition coefficient (Wildman–Crippen LogP) is 2.19. The molecule has 0 spiro atoms. The van der Waals surface area contributed by atoms with Gasteiger partial charge in [-0.25, -0.2) is 0 Å². The first kappa shape index (κ1) is 12.8. The van der Waals surface area contributed by atoms with Gasteiger partial charge < -0.3 is 0 Å². The lowest BCUT2D eigenvalue weighted by molar-refractivity contribution is -0.120. The highest BCUT2D eigenvalue weighted by atomic mass is 16.1. The Morgan fingerprint density at radius 2 is 2.19 bits per heavy atom. The normalized spacial score (nSPS) is 10.8. The number of nitrogens with zero attached hydrogens (tertiary/aromatic N) is 2. The minimum Gasteiger partial charge on any atom is -0.298 e. The molecule has 1 rings (SSSR count). The molecule has 16 heavy (non-hydrogen) atoms. The largest absolute Gasteiger partial charge is 0.298 e. The van der Waals surface area contributed by atoms with Gasteiger partial charge in [0, 0.05) is 18.7 Å². The van der Waals surface area contributed by atoms with E-state index >= 15 is 0 Å². The minimum atomic E-state index is 0.303. The lowest BCUT2D eigenvalue weighted by atomic mass is 10.2. The molecule has 0 N–H and O–H groups in total. The SMILES string of the molecule is CCCC(=O)CN(C)Cc1cccc(C)n1. The van der Waals surface area contributed by atoms with Gasteiger partial charge in [0.05, 0.1) is 12.2 Å². The third-order valence-electron chi connectivity index (χ3n) is 2.35. The van der Waals surface area contributed by atoms with Crippen molar-refractivity contribution in [3.05, 3.63) is 29.6 Å². The molecular formula is C13H20N2O. The molecule has 3 heteroatoms. The molecule has 0 saturated carbocycles. The van der Waals surface area contributed by atoms with Crippen molar-refractivity contribution in [2.75, 3.05) is 13.6 Å². The van der Waals surface area contributed by atoms with Gasteiger partial charge in [0.25, 0.3) is 0 Å². The van der Waals surface area contributed by atoms with Crippen LogP contribution >= 0.6 is 0 Å². The summed E-state index contributed by atoms with van der Waals surface area (Å²) in [6.45, 7) is 5.26. The Balaban J connectivity index is 2.45. The van der Waals surface area contributed by atoms with E-state index in [1.807, 2.05) is 44.0 Å². The zero-order chi connectivity index (χ0) is 12.0. The number of hydrogen-bond acceptors (Lipinski definition) is 3. The number of ketones is 1. The van der Waals surface area contributed by atoms with Gasteiger partial charge in [-0.2, -0.15) is 0 Å². The van der Waals surface area contributed by atoms with E-state index < -0.39 is 0 Å². The summed E-state index contributed by atoms with van der Waals surface area (Å²) in [6.07, 6.45) is 1.60. The smallest absolute Gasteiger partial charge is 0.146 e. The molecule has 0 atom stereocenters. The molecule has 1 aromatic heterocycles. The van der Waals surface area contributed by atoms with Gasteiger partial charge in [-0.3, -0.25) is 14.7 Å². The number of aryl methyl sites for hydroxylation is 1. The molecule has 3 nitrogen and oxygen atoms in total. The standard InChI is InChI=1S/C13H20N2O/c1-4-6-13(16)10-15(3)9-12-8-5-7-11(2)14-12/h5,7-8H,4,6,9-10H2,1-3H3. The fraction of sp³-hybridized carbons (Fsp3) is 0.538. The zero-order valence-electron chi connectivity index (χ0n) is 10.4. The van der Waals surface area contributed by atoms with E-state index in [1.165, 1.54) is 0 Å². The Morgan fingerprint density at radius 3 is 2.81 bits per heavy atom. The highest BCUT2D eigenvalue weighted by molar-refractivity contribution is 5.80. The Bertz CT molecular complexity index is 350. The number of aromatic nitrogens is 1. The maximum Gasteiger partial charge on any atom is 0.146 e. The lowest BCUT2D eigenvalue weighted by Gasteiger charge is -2.15. The predicted molar refractivity (Wildman–Crippen MR) is 65.2 cm³/mol. The monoisotopic (exact) mass is 220 g/mol. The molecule has 0 unspecified atom stereocenters. The lowest BCUT2D eigenvalue weighted by Crippen LogP contribution is -2.25. The quantitative estimate of drug-likeness (QED) is 0.737. The fourth-order valence-electron chi connectivity index (χ4n) is 1.68. The highest BCUT2D eigenvalue weighted by Crippen LogP contribution is 2.02. The molecule has 0 aromatic carbocycles. The van der Waals surface area contributed by atoms with E-state index in [0.29, 0.717) is 18.7 Å². The maximum absolute atomic E-state index is 11.4. The van der Waals surface area contributed by atoms with Crippen LogP contribution < -0.4 is 0 Å². The summed E-state index contributed by atoms with van der Waals surface area (Å²) < 4.78 is 0. The number of rotatable bonds is 6. The van der Waals surface area contributed by atoms with Crippen molar-refractivity contribution in [1.29, 1.82) is 0 Å². The van der Waals surface area contributed by atoms with Gasteiger partial charge in [0.2, 0.25) is 0 Å². The molecule has 0 amide bonds. The maximum atomic E-state index is 11.4. The Morgan fingerprint density at radius 1 is 1.44 bits per heavy atom. The average Bonchev–Trinajstić information content (AvgIpc) is 2.17. The van der Waals surface area contributed by atoms with E-state index in [1.54, 1.807) is 0 Å². The van der Waals surface area contributed by atoms with Crippen LogP contribution in [0.15, 0.2) is 18.2 Å². The molecule has 0 bridgehead atoms. The molecule has 0 aliphatic heterocycles. The Hall–Kier alpha value is -1.22. The second-order valence-electron chi connectivity index (χ2n) is 4.23. The van der Waals surface area contributed by atoms with E-state index in [4.69, 9.17) is 0 Å². The van der Waals surface area contributed by atoms with Crippen LogP contribution in [-0.2, 0) is 11.3 Å². The minimum absolute atomic E-state index is 0.303. The molecule has 88 valence electrons. The van der Waals surface area contributed by atoms with Crippen molar-refractivity contribution in [2.45, 2.75) is 33.2 Å². The van der Waals surface area contributed by atoms with Crippen LogP contribution in [0, 0.1) is 6.92 Å². The molecule has 0 fully saturated rings. The van der Waals surface area contributed by atoms with Crippen LogP contribution in [0.2, 0.25) is 0 Å². The van der Waals surface area contributed by atoms with E-state index in [2.05, 4.69) is 4.98 Å². The van der Waals surface area contributed by atoms with Crippen LogP contribution in [0.4, 0.5) is 0 Å². The van der Waals surface area contributed by atoms with Crippen LogP contribution in [-0.4, -0.2) is 29.3 Å². The topological polar surface area (TPSA) is 33.2 Å². The zero-order valence-corrected chi connectivity index (χ0v) is 10.4. The van der Waals surface area contributed by atoms with Gasteiger partial charge in [-0.05, 0) is 32.5 Å². The fourth-order valence-corrected chi connectivity index (χ4v) is 1.68. The first-order valence-electron chi connectivity index (χ1n) is 5.74. The number of hydrogen-bond donors (Lipinski definition) is 0. The summed E-state index contributed by atoms with van der Waals surface area (Å²) in [5.74, 6) is 0.303. The van der Waals surface area contributed by atoms with E-state index in [-0.39, 0.29) is 0 Å². The first-order chi connectivity index (χ1) is 7.61.